The standard InChI is InChI=1S/C9H10ClN3O2S/c1-4-3-16(15)8-6(12-7(4)14)5(2)11-9(10)13-8/h4H,3H2,1-2H3,(H,12,14). The van der Waals surface area contributed by atoms with Gasteiger partial charge in [0.25, 0.3) is 0 Å². The molecule has 86 valence electrons. The van der Waals surface area contributed by atoms with Gasteiger partial charge in [-0.2, -0.15) is 0 Å². The smallest absolute Gasteiger partial charge is 0.228 e. The molecule has 0 fully saturated rings. The summed E-state index contributed by atoms with van der Waals surface area (Å²) in [5.41, 5.74) is 0.961. The maximum Gasteiger partial charge on any atom is 0.228 e. The summed E-state index contributed by atoms with van der Waals surface area (Å²) < 4.78 is 11.9. The largest absolute Gasteiger partial charge is 0.322 e. The second-order valence-corrected chi connectivity index (χ2v) is 5.41. The summed E-state index contributed by atoms with van der Waals surface area (Å²) in [5, 5.41) is 3.05. The lowest BCUT2D eigenvalue weighted by Crippen LogP contribution is -2.21. The molecule has 0 aliphatic carbocycles. The normalized spacial score (nSPS) is 24.6. The number of fused-ring (bicyclic) bond motifs is 1. The average molecular weight is 260 g/mol. The Morgan fingerprint density at radius 2 is 2.19 bits per heavy atom. The number of nitrogens with zero attached hydrogens (tertiary/aromatic N) is 2. The van der Waals surface area contributed by atoms with Crippen LogP contribution in [0.25, 0.3) is 0 Å². The van der Waals surface area contributed by atoms with Gasteiger partial charge in [-0.1, -0.05) is 6.92 Å². The zero-order valence-electron chi connectivity index (χ0n) is 8.78. The highest BCUT2D eigenvalue weighted by molar-refractivity contribution is 7.85. The van der Waals surface area contributed by atoms with Crippen molar-refractivity contribution in [2.75, 3.05) is 11.1 Å². The summed E-state index contributed by atoms with van der Waals surface area (Å²) in [6.07, 6.45) is 0. The van der Waals surface area contributed by atoms with Crippen LogP contribution in [0, 0.1) is 12.8 Å². The van der Waals surface area contributed by atoms with Gasteiger partial charge in [0, 0.05) is 11.7 Å². The molecule has 0 saturated carbocycles. The quantitative estimate of drug-likeness (QED) is 0.560. The Bertz CT molecular complexity index is 492. The van der Waals surface area contributed by atoms with Crippen LogP contribution in [-0.4, -0.2) is 25.8 Å². The van der Waals surface area contributed by atoms with Crippen LogP contribution in [-0.2, 0) is 15.6 Å². The van der Waals surface area contributed by atoms with Crippen molar-refractivity contribution in [3.63, 3.8) is 0 Å². The first-order valence-corrected chi connectivity index (χ1v) is 6.42. The third-order valence-corrected chi connectivity index (χ3v) is 4.04. The van der Waals surface area contributed by atoms with E-state index in [2.05, 4.69) is 15.3 Å². The molecule has 2 atom stereocenters. The van der Waals surface area contributed by atoms with Crippen molar-refractivity contribution < 1.29 is 9.00 Å². The first-order valence-electron chi connectivity index (χ1n) is 4.72. The zero-order chi connectivity index (χ0) is 11.9. The molecule has 1 aromatic rings. The Labute approximate surface area is 100 Å². The number of carbonyl (C=O) groups is 1. The van der Waals surface area contributed by atoms with Crippen LogP contribution in [0.3, 0.4) is 0 Å². The van der Waals surface area contributed by atoms with Crippen LogP contribution >= 0.6 is 11.6 Å². The molecule has 0 bridgehead atoms. The summed E-state index contributed by atoms with van der Waals surface area (Å²) in [7, 11) is -1.32. The van der Waals surface area contributed by atoms with Crippen molar-refractivity contribution in [2.45, 2.75) is 18.9 Å². The number of rotatable bonds is 0. The molecule has 0 aromatic carbocycles. The van der Waals surface area contributed by atoms with Crippen LogP contribution < -0.4 is 5.32 Å². The van der Waals surface area contributed by atoms with E-state index in [9.17, 15) is 9.00 Å². The van der Waals surface area contributed by atoms with Gasteiger partial charge >= 0.3 is 0 Å². The van der Waals surface area contributed by atoms with Crippen molar-refractivity contribution in [3.8, 4) is 0 Å². The Morgan fingerprint density at radius 3 is 2.88 bits per heavy atom. The molecular weight excluding hydrogens is 250 g/mol. The van der Waals surface area contributed by atoms with Crippen LogP contribution in [0.2, 0.25) is 5.28 Å². The molecule has 1 N–H and O–H groups in total. The molecule has 16 heavy (non-hydrogen) atoms. The number of aryl methyl sites for hydroxylation is 1. The lowest BCUT2D eigenvalue weighted by atomic mass is 10.2. The van der Waals surface area contributed by atoms with Gasteiger partial charge in [-0.05, 0) is 18.5 Å². The molecule has 2 unspecified atom stereocenters. The first-order chi connectivity index (χ1) is 7.49. The second kappa shape index (κ2) is 4.10. The van der Waals surface area contributed by atoms with Crippen molar-refractivity contribution in [1.29, 1.82) is 0 Å². The summed E-state index contributed by atoms with van der Waals surface area (Å²) in [6, 6.07) is 0. The Hall–Kier alpha value is -1.01. The highest BCUT2D eigenvalue weighted by atomic mass is 35.5. The first kappa shape index (κ1) is 11.5. The third kappa shape index (κ3) is 1.94. The number of nitrogens with one attached hydrogen (secondary N) is 1. The summed E-state index contributed by atoms with van der Waals surface area (Å²) in [4.78, 5) is 19.5. The van der Waals surface area contributed by atoms with E-state index in [0.29, 0.717) is 16.4 Å². The van der Waals surface area contributed by atoms with Crippen molar-refractivity contribution in [2.24, 2.45) is 5.92 Å². The topological polar surface area (TPSA) is 72.0 Å². The molecule has 5 nitrogen and oxygen atoms in total. The maximum absolute atomic E-state index is 11.9. The van der Waals surface area contributed by atoms with E-state index in [1.165, 1.54) is 0 Å². The fourth-order valence-corrected chi connectivity index (χ4v) is 3.09. The monoisotopic (exact) mass is 259 g/mol. The van der Waals surface area contributed by atoms with Crippen molar-refractivity contribution in [3.05, 3.63) is 11.0 Å². The Morgan fingerprint density at radius 1 is 1.50 bits per heavy atom. The van der Waals surface area contributed by atoms with Gasteiger partial charge in [-0.25, -0.2) is 9.97 Å². The molecule has 1 aliphatic heterocycles. The van der Waals surface area contributed by atoms with E-state index in [1.54, 1.807) is 13.8 Å². The predicted octanol–water partition coefficient (Wildman–Crippen LogP) is 1.13. The molecule has 0 radical (unpaired) electrons. The summed E-state index contributed by atoms with van der Waals surface area (Å²) in [5.74, 6) is -0.222. The number of carbonyl (C=O) groups excluding carboxylic acids is 1. The molecule has 1 aromatic heterocycles. The second-order valence-electron chi connectivity index (χ2n) is 3.66. The SMILES string of the molecule is Cc1nc(Cl)nc2c1NC(=O)C(C)CS2=O. The highest BCUT2D eigenvalue weighted by Crippen LogP contribution is 2.26. The number of hydrogen-bond donors (Lipinski definition) is 1. The molecule has 2 heterocycles. The molecule has 1 aliphatic rings. The maximum atomic E-state index is 11.9. The lowest BCUT2D eigenvalue weighted by molar-refractivity contribution is -0.118. The molecule has 0 saturated heterocycles. The molecule has 1 amide bonds. The van der Waals surface area contributed by atoms with E-state index >= 15 is 0 Å². The molecule has 2 rings (SSSR count). The van der Waals surface area contributed by atoms with Crippen molar-refractivity contribution >= 4 is 34.0 Å². The minimum Gasteiger partial charge on any atom is -0.322 e. The van der Waals surface area contributed by atoms with Gasteiger partial charge in [0.15, 0.2) is 5.03 Å². The Kier molecular flexibility index (Phi) is 2.94. The van der Waals surface area contributed by atoms with E-state index in [-0.39, 0.29) is 22.9 Å². The van der Waals surface area contributed by atoms with Crippen LogP contribution in [0.4, 0.5) is 5.69 Å². The van der Waals surface area contributed by atoms with E-state index in [0.717, 1.165) is 0 Å². The fourth-order valence-electron chi connectivity index (χ4n) is 1.45. The van der Waals surface area contributed by atoms with Crippen LogP contribution in [0.15, 0.2) is 5.03 Å². The number of anilines is 1. The average Bonchev–Trinajstić information content (AvgIpc) is 2.29. The third-order valence-electron chi connectivity index (χ3n) is 2.34. The van der Waals surface area contributed by atoms with E-state index in [4.69, 9.17) is 11.6 Å². The van der Waals surface area contributed by atoms with E-state index < -0.39 is 10.8 Å². The molecule has 0 spiro atoms. The van der Waals surface area contributed by atoms with Gasteiger partial charge in [-0.15, -0.1) is 0 Å². The van der Waals surface area contributed by atoms with Gasteiger partial charge in [0.2, 0.25) is 11.2 Å². The number of hydrogen-bond acceptors (Lipinski definition) is 4. The number of amides is 1. The fraction of sp³-hybridized carbons (Fsp3) is 0.444. The molecule has 7 heteroatoms. The number of aromatic nitrogens is 2. The minimum atomic E-state index is -1.32. The van der Waals surface area contributed by atoms with E-state index in [1.807, 2.05) is 0 Å². The minimum absolute atomic E-state index is 0.0494. The molecular formula is C9H10ClN3O2S. The highest BCUT2D eigenvalue weighted by Gasteiger charge is 2.27. The predicted molar refractivity (Wildman–Crippen MR) is 60.8 cm³/mol. The van der Waals surface area contributed by atoms with Gasteiger partial charge in [-0.3, -0.25) is 9.00 Å². The van der Waals surface area contributed by atoms with Gasteiger partial charge in [0.05, 0.1) is 22.2 Å². The lowest BCUT2D eigenvalue weighted by Gasteiger charge is -2.08. The Balaban J connectivity index is 2.60. The van der Waals surface area contributed by atoms with Crippen LogP contribution in [0.1, 0.15) is 12.6 Å². The zero-order valence-corrected chi connectivity index (χ0v) is 10.4. The van der Waals surface area contributed by atoms with Gasteiger partial charge in [0.1, 0.15) is 0 Å². The van der Waals surface area contributed by atoms with Gasteiger partial charge < -0.3 is 5.32 Å². The summed E-state index contributed by atoms with van der Waals surface area (Å²) >= 11 is 5.70. The van der Waals surface area contributed by atoms with Crippen LogP contribution in [0.5, 0.6) is 0 Å². The summed E-state index contributed by atoms with van der Waals surface area (Å²) in [6.45, 7) is 3.42. The number of halogens is 1. The van der Waals surface area contributed by atoms with Crippen molar-refractivity contribution in [1.82, 2.24) is 9.97 Å².